The van der Waals surface area contributed by atoms with Gasteiger partial charge < -0.3 is 29.2 Å². The molecule has 2 heterocycles. The zero-order valence-corrected chi connectivity index (χ0v) is 22.9. The van der Waals surface area contributed by atoms with Crippen LogP contribution >= 0.6 is 0 Å². The van der Waals surface area contributed by atoms with Crippen LogP contribution in [0, 0.1) is 57.7 Å². The average molecular weight is 517 g/mol. The SMILES string of the molecule is CC[C@H]1CO[C@H]2[C@@H]1[C@H](O)[C@H](OCC13C[C@@H]4[C@H](C)CC[C@H]4[C@@]4(C=O)C[C@H]1C=C(C(C)C)C34C(=O)O)O[C@@H]2C. The van der Waals surface area contributed by atoms with Crippen LogP contribution in [0.3, 0.4) is 0 Å². The number of ether oxygens (including phenoxy) is 3. The fraction of sp³-hybridized carbons (Fsp3) is 0.867. The Morgan fingerprint density at radius 3 is 2.68 bits per heavy atom. The summed E-state index contributed by atoms with van der Waals surface area (Å²) in [5.41, 5.74) is -2.01. The van der Waals surface area contributed by atoms with E-state index in [9.17, 15) is 19.8 Å². The highest BCUT2D eigenvalue weighted by atomic mass is 16.7. The summed E-state index contributed by atoms with van der Waals surface area (Å²) in [7, 11) is 0. The van der Waals surface area contributed by atoms with Crippen LogP contribution in [0.25, 0.3) is 0 Å². The second kappa shape index (κ2) is 8.61. The van der Waals surface area contributed by atoms with Crippen LogP contribution in [0.15, 0.2) is 11.6 Å². The molecule has 6 aliphatic rings. The lowest BCUT2D eigenvalue weighted by Crippen LogP contribution is -2.64. The Labute approximate surface area is 220 Å². The van der Waals surface area contributed by atoms with Crippen molar-refractivity contribution in [1.82, 2.24) is 0 Å². The summed E-state index contributed by atoms with van der Waals surface area (Å²) < 4.78 is 18.7. The maximum Gasteiger partial charge on any atom is 0.315 e. The van der Waals surface area contributed by atoms with Gasteiger partial charge in [0.05, 0.1) is 30.8 Å². The molecule has 5 fully saturated rings. The molecule has 2 unspecified atom stereocenters. The van der Waals surface area contributed by atoms with E-state index in [0.717, 1.165) is 37.5 Å². The Morgan fingerprint density at radius 1 is 1.27 bits per heavy atom. The van der Waals surface area contributed by atoms with E-state index in [-0.39, 0.29) is 48.4 Å². The van der Waals surface area contributed by atoms with Crippen molar-refractivity contribution in [3.8, 4) is 0 Å². The molecular formula is C30H44O7. The van der Waals surface area contributed by atoms with Gasteiger partial charge in [-0.25, -0.2) is 0 Å². The van der Waals surface area contributed by atoms with Gasteiger partial charge in [0.25, 0.3) is 0 Å². The van der Waals surface area contributed by atoms with Crippen molar-refractivity contribution < 1.29 is 34.0 Å². The minimum atomic E-state index is -1.28. The number of hydrogen-bond acceptors (Lipinski definition) is 6. The van der Waals surface area contributed by atoms with Crippen LogP contribution in [0.5, 0.6) is 0 Å². The fourth-order valence-electron chi connectivity index (χ4n) is 10.6. The molecule has 2 aliphatic heterocycles. The van der Waals surface area contributed by atoms with Crippen LogP contribution in [0.1, 0.15) is 66.7 Å². The van der Waals surface area contributed by atoms with Crippen LogP contribution in [0.4, 0.5) is 0 Å². The molecule has 0 spiro atoms. The second-order valence-corrected chi connectivity index (χ2v) is 13.5. The largest absolute Gasteiger partial charge is 0.481 e. The number of carbonyl (C=O) groups is 2. The minimum absolute atomic E-state index is 0.0220. The monoisotopic (exact) mass is 516 g/mol. The van der Waals surface area contributed by atoms with Crippen molar-refractivity contribution >= 4 is 12.3 Å². The van der Waals surface area contributed by atoms with Gasteiger partial charge in [-0.05, 0) is 61.7 Å². The summed E-state index contributed by atoms with van der Waals surface area (Å²) in [6, 6.07) is 0. The maximum atomic E-state index is 13.6. The van der Waals surface area contributed by atoms with Gasteiger partial charge in [-0.3, -0.25) is 4.79 Å². The van der Waals surface area contributed by atoms with Gasteiger partial charge in [-0.2, -0.15) is 0 Å². The highest BCUT2D eigenvalue weighted by Gasteiger charge is 2.84. The molecule has 0 radical (unpaired) electrons. The zero-order valence-electron chi connectivity index (χ0n) is 22.9. The highest BCUT2D eigenvalue weighted by molar-refractivity contribution is 5.90. The number of aldehydes is 1. The summed E-state index contributed by atoms with van der Waals surface area (Å²) in [5.74, 6) is 0.142. The van der Waals surface area contributed by atoms with Gasteiger partial charge in [0.1, 0.15) is 17.8 Å². The molecule has 4 aliphatic carbocycles. The molecule has 0 aromatic carbocycles. The number of aliphatic carboxylic acids is 1. The van der Waals surface area contributed by atoms with Crippen molar-refractivity contribution in [3.05, 3.63) is 11.6 Å². The van der Waals surface area contributed by atoms with Gasteiger partial charge in [0.2, 0.25) is 0 Å². The van der Waals surface area contributed by atoms with Crippen molar-refractivity contribution in [2.24, 2.45) is 57.7 Å². The molecule has 0 aromatic heterocycles. The number of carbonyl (C=O) groups excluding carboxylic acids is 1. The molecule has 6 rings (SSSR count). The lowest BCUT2D eigenvalue weighted by molar-refractivity contribution is -0.289. The molecule has 2 saturated heterocycles. The molecule has 3 saturated carbocycles. The van der Waals surface area contributed by atoms with Gasteiger partial charge in [0, 0.05) is 11.3 Å². The van der Waals surface area contributed by atoms with E-state index in [4.69, 9.17) is 14.2 Å². The van der Waals surface area contributed by atoms with E-state index >= 15 is 0 Å². The summed E-state index contributed by atoms with van der Waals surface area (Å²) in [5, 5.41) is 22.5. The van der Waals surface area contributed by atoms with E-state index < -0.39 is 34.6 Å². The zero-order chi connectivity index (χ0) is 26.5. The predicted octanol–water partition coefficient (Wildman–Crippen LogP) is 4.07. The molecule has 7 heteroatoms. The van der Waals surface area contributed by atoms with Crippen molar-refractivity contribution in [1.29, 1.82) is 0 Å². The number of carboxylic acid groups (broad SMARTS) is 1. The number of fused-ring (bicyclic) bond motifs is 3. The van der Waals surface area contributed by atoms with Crippen molar-refractivity contribution in [3.63, 3.8) is 0 Å². The third-order valence-electron chi connectivity index (χ3n) is 12.1. The van der Waals surface area contributed by atoms with E-state index in [1.165, 1.54) is 0 Å². The van der Waals surface area contributed by atoms with Gasteiger partial charge in [-0.1, -0.05) is 52.2 Å². The van der Waals surface area contributed by atoms with Crippen molar-refractivity contribution in [2.75, 3.05) is 13.2 Å². The first-order valence-corrected chi connectivity index (χ1v) is 14.6. The standard InChI is InChI=1S/C30H44O7/c1-6-18-12-35-25-17(5)37-26(24(32)23(18)25)36-14-29-11-20-16(4)7-8-21(20)28(13-31)10-19(29)9-22(15(2)3)30(28,29)27(33)34/h9,13,15-21,23-26,32H,6-8,10-12,14H2,1-5H3,(H,33,34)/t16-,17-,18+,19-,20-,21-,23+,24+,25-,26-,28+,29?,30?/m1/s1. The first kappa shape index (κ1) is 26.0. The lowest BCUT2D eigenvalue weighted by Gasteiger charge is -2.58. The molecule has 2 N–H and O–H groups in total. The normalized spacial score (nSPS) is 53.8. The Kier molecular flexibility index (Phi) is 6.04. The molecule has 13 atom stereocenters. The van der Waals surface area contributed by atoms with E-state index in [0.29, 0.717) is 24.9 Å². The summed E-state index contributed by atoms with van der Waals surface area (Å²) in [4.78, 5) is 26.8. The van der Waals surface area contributed by atoms with Crippen LogP contribution < -0.4 is 0 Å². The molecule has 7 nitrogen and oxygen atoms in total. The quantitative estimate of drug-likeness (QED) is 0.388. The molecule has 4 bridgehead atoms. The molecular weight excluding hydrogens is 472 g/mol. The predicted molar refractivity (Wildman–Crippen MR) is 135 cm³/mol. The Hall–Kier alpha value is -1.28. The topological polar surface area (TPSA) is 102 Å². The summed E-state index contributed by atoms with van der Waals surface area (Å²) >= 11 is 0. The Morgan fingerprint density at radius 2 is 2.03 bits per heavy atom. The highest BCUT2D eigenvalue weighted by Crippen LogP contribution is 2.82. The molecule has 206 valence electrons. The third kappa shape index (κ3) is 2.98. The average Bonchev–Trinajstić information content (AvgIpc) is 3.58. The second-order valence-electron chi connectivity index (χ2n) is 13.5. The van der Waals surface area contributed by atoms with Gasteiger partial charge in [-0.15, -0.1) is 0 Å². The van der Waals surface area contributed by atoms with Crippen molar-refractivity contribution in [2.45, 2.75) is 91.3 Å². The molecule has 0 aromatic rings. The maximum absolute atomic E-state index is 13.6. The first-order valence-electron chi connectivity index (χ1n) is 14.6. The molecule has 37 heavy (non-hydrogen) atoms. The number of rotatable bonds is 7. The number of allylic oxidation sites excluding steroid dienone is 1. The van der Waals surface area contributed by atoms with Crippen LogP contribution in [0.2, 0.25) is 0 Å². The number of hydrogen-bond donors (Lipinski definition) is 2. The number of aliphatic hydroxyl groups is 1. The van der Waals surface area contributed by atoms with E-state index in [1.54, 1.807) is 0 Å². The number of aliphatic hydroxyl groups excluding tert-OH is 1. The third-order valence-corrected chi connectivity index (χ3v) is 12.1. The Bertz CT molecular complexity index is 992. The number of carboxylic acids is 1. The smallest absolute Gasteiger partial charge is 0.315 e. The first-order chi connectivity index (χ1) is 17.6. The van der Waals surface area contributed by atoms with Gasteiger partial charge >= 0.3 is 5.97 Å². The summed E-state index contributed by atoms with van der Waals surface area (Å²) in [6.07, 6.45) is 5.37. The lowest BCUT2D eigenvalue weighted by atomic mass is 9.43. The Balaban J connectivity index is 1.39. The molecule has 0 amide bonds. The van der Waals surface area contributed by atoms with Gasteiger partial charge in [0.15, 0.2) is 6.29 Å². The minimum Gasteiger partial charge on any atom is -0.481 e. The summed E-state index contributed by atoms with van der Waals surface area (Å²) in [6.45, 7) is 11.2. The van der Waals surface area contributed by atoms with Crippen LogP contribution in [-0.2, 0) is 23.8 Å². The van der Waals surface area contributed by atoms with E-state index in [1.807, 2.05) is 6.92 Å². The van der Waals surface area contributed by atoms with E-state index in [2.05, 4.69) is 33.8 Å². The van der Waals surface area contributed by atoms with Crippen LogP contribution in [-0.4, -0.2) is 60.3 Å². The fourth-order valence-corrected chi connectivity index (χ4v) is 10.6.